The Bertz CT molecular complexity index is 519. The Kier molecular flexibility index (Phi) is 5.13. The van der Waals surface area contributed by atoms with Gasteiger partial charge in [-0.15, -0.1) is 0 Å². The summed E-state index contributed by atoms with van der Waals surface area (Å²) >= 11 is 5.77. The standard InChI is InChI=1S/C11H12ClN3O4/c12-6-1-2-7(11(13)19)8(3-6)14-4-9(16)15-5-10(17)18/h1-3,14H,4-5H2,(H2,13,19)(H,15,16)(H,17,18). The van der Waals surface area contributed by atoms with Gasteiger partial charge < -0.3 is 21.5 Å². The van der Waals surface area contributed by atoms with Crippen LogP contribution in [-0.2, 0) is 9.59 Å². The molecule has 7 nitrogen and oxygen atoms in total. The molecule has 0 unspecified atom stereocenters. The van der Waals surface area contributed by atoms with Crippen LogP contribution >= 0.6 is 11.6 Å². The smallest absolute Gasteiger partial charge is 0.322 e. The minimum Gasteiger partial charge on any atom is -0.480 e. The fourth-order valence-electron chi connectivity index (χ4n) is 1.29. The monoisotopic (exact) mass is 285 g/mol. The van der Waals surface area contributed by atoms with E-state index in [0.29, 0.717) is 10.7 Å². The quantitative estimate of drug-likeness (QED) is 0.588. The fraction of sp³-hybridized carbons (Fsp3) is 0.182. The zero-order valence-electron chi connectivity index (χ0n) is 9.77. The normalized spacial score (nSPS) is 9.74. The number of hydrogen-bond acceptors (Lipinski definition) is 4. The largest absolute Gasteiger partial charge is 0.480 e. The molecule has 0 spiro atoms. The van der Waals surface area contributed by atoms with Crippen LogP contribution in [0.2, 0.25) is 5.02 Å². The Hall–Kier alpha value is -2.28. The molecule has 1 aromatic rings. The van der Waals surface area contributed by atoms with Crippen molar-refractivity contribution in [1.82, 2.24) is 5.32 Å². The first kappa shape index (κ1) is 14.8. The molecule has 0 fully saturated rings. The first-order valence-electron chi connectivity index (χ1n) is 5.22. The van der Waals surface area contributed by atoms with Crippen molar-refractivity contribution < 1.29 is 19.5 Å². The maximum Gasteiger partial charge on any atom is 0.322 e. The molecule has 102 valence electrons. The summed E-state index contributed by atoms with van der Waals surface area (Å²) in [6.45, 7) is -0.674. The number of benzene rings is 1. The van der Waals surface area contributed by atoms with E-state index in [0.717, 1.165) is 0 Å². The highest BCUT2D eigenvalue weighted by molar-refractivity contribution is 6.31. The van der Waals surface area contributed by atoms with Gasteiger partial charge in [-0.1, -0.05) is 11.6 Å². The van der Waals surface area contributed by atoms with E-state index in [2.05, 4.69) is 10.6 Å². The van der Waals surface area contributed by atoms with Gasteiger partial charge in [0.1, 0.15) is 6.54 Å². The number of nitrogens with two attached hydrogens (primary N) is 1. The molecule has 0 heterocycles. The van der Waals surface area contributed by atoms with Gasteiger partial charge in [-0.2, -0.15) is 0 Å². The molecule has 0 atom stereocenters. The van der Waals surface area contributed by atoms with E-state index >= 15 is 0 Å². The van der Waals surface area contributed by atoms with Gasteiger partial charge in [-0.05, 0) is 18.2 Å². The van der Waals surface area contributed by atoms with Crippen molar-refractivity contribution in [2.45, 2.75) is 0 Å². The molecule has 0 aromatic heterocycles. The molecule has 19 heavy (non-hydrogen) atoms. The van der Waals surface area contributed by atoms with E-state index in [9.17, 15) is 14.4 Å². The summed E-state index contributed by atoms with van der Waals surface area (Å²) in [5, 5.41) is 13.6. The number of nitrogens with one attached hydrogen (secondary N) is 2. The first-order chi connectivity index (χ1) is 8.90. The minimum atomic E-state index is -1.14. The van der Waals surface area contributed by atoms with Gasteiger partial charge in [0.2, 0.25) is 5.91 Å². The zero-order chi connectivity index (χ0) is 14.4. The third-order valence-electron chi connectivity index (χ3n) is 2.12. The highest BCUT2D eigenvalue weighted by atomic mass is 35.5. The van der Waals surface area contributed by atoms with E-state index < -0.39 is 24.3 Å². The third-order valence-corrected chi connectivity index (χ3v) is 2.36. The summed E-state index contributed by atoms with van der Waals surface area (Å²) in [7, 11) is 0. The topological polar surface area (TPSA) is 122 Å². The molecule has 0 saturated carbocycles. The predicted molar refractivity (Wildman–Crippen MR) is 69.1 cm³/mol. The fourth-order valence-corrected chi connectivity index (χ4v) is 1.46. The number of anilines is 1. The summed E-state index contributed by atoms with van der Waals surface area (Å²) in [5.41, 5.74) is 5.67. The van der Waals surface area contributed by atoms with Crippen LogP contribution in [0.1, 0.15) is 10.4 Å². The van der Waals surface area contributed by atoms with Gasteiger partial charge in [-0.3, -0.25) is 14.4 Å². The second-order valence-electron chi connectivity index (χ2n) is 3.58. The first-order valence-corrected chi connectivity index (χ1v) is 5.59. The molecule has 1 aromatic carbocycles. The lowest BCUT2D eigenvalue weighted by Gasteiger charge is -2.10. The highest BCUT2D eigenvalue weighted by Gasteiger charge is 2.10. The number of primary amides is 1. The highest BCUT2D eigenvalue weighted by Crippen LogP contribution is 2.20. The second-order valence-corrected chi connectivity index (χ2v) is 4.01. The summed E-state index contributed by atoms with van der Waals surface area (Å²) in [5.74, 6) is -2.34. The van der Waals surface area contributed by atoms with Gasteiger partial charge >= 0.3 is 5.97 Å². The van der Waals surface area contributed by atoms with Crippen LogP contribution in [0.25, 0.3) is 0 Å². The van der Waals surface area contributed by atoms with Gasteiger partial charge in [0.05, 0.1) is 12.1 Å². The van der Waals surface area contributed by atoms with Crippen LogP contribution < -0.4 is 16.4 Å². The maximum atomic E-state index is 11.3. The van der Waals surface area contributed by atoms with E-state index in [-0.39, 0.29) is 12.1 Å². The molecule has 0 radical (unpaired) electrons. The van der Waals surface area contributed by atoms with Crippen LogP contribution in [-0.4, -0.2) is 36.0 Å². The zero-order valence-corrected chi connectivity index (χ0v) is 10.5. The molecular formula is C11H12ClN3O4. The lowest BCUT2D eigenvalue weighted by molar-refractivity contribution is -0.137. The Labute approximate surface area is 113 Å². The number of halogens is 1. The van der Waals surface area contributed by atoms with E-state index in [1.165, 1.54) is 18.2 Å². The number of hydrogen-bond donors (Lipinski definition) is 4. The Morgan fingerprint density at radius 2 is 1.95 bits per heavy atom. The lowest BCUT2D eigenvalue weighted by Crippen LogP contribution is -2.34. The lowest BCUT2D eigenvalue weighted by atomic mass is 10.1. The Balaban J connectivity index is 2.66. The maximum absolute atomic E-state index is 11.3. The molecule has 5 N–H and O–H groups in total. The summed E-state index contributed by atoms with van der Waals surface area (Å²) in [6.07, 6.45) is 0. The molecule has 0 bridgehead atoms. The van der Waals surface area contributed by atoms with Crippen molar-refractivity contribution in [2.75, 3.05) is 18.4 Å². The van der Waals surface area contributed by atoms with Gasteiger partial charge in [0.15, 0.2) is 0 Å². The number of rotatable bonds is 6. The van der Waals surface area contributed by atoms with Gasteiger partial charge in [0.25, 0.3) is 5.91 Å². The molecule has 1 rings (SSSR count). The SMILES string of the molecule is NC(=O)c1ccc(Cl)cc1NCC(=O)NCC(=O)O. The average molecular weight is 286 g/mol. The molecule has 0 aliphatic heterocycles. The minimum absolute atomic E-state index is 0.190. The van der Waals surface area contributed by atoms with Gasteiger partial charge in [-0.25, -0.2) is 0 Å². The Morgan fingerprint density at radius 1 is 1.26 bits per heavy atom. The van der Waals surface area contributed by atoms with Crippen LogP contribution in [0.15, 0.2) is 18.2 Å². The van der Waals surface area contributed by atoms with Gasteiger partial charge in [0, 0.05) is 10.7 Å². The van der Waals surface area contributed by atoms with Crippen LogP contribution in [0, 0.1) is 0 Å². The summed E-state index contributed by atoms with van der Waals surface area (Å²) < 4.78 is 0. The molecular weight excluding hydrogens is 274 g/mol. The van der Waals surface area contributed by atoms with Crippen molar-refractivity contribution in [3.63, 3.8) is 0 Å². The van der Waals surface area contributed by atoms with Crippen molar-refractivity contribution in [3.8, 4) is 0 Å². The Morgan fingerprint density at radius 3 is 2.53 bits per heavy atom. The molecule has 0 saturated heterocycles. The number of carbonyl (C=O) groups is 3. The van der Waals surface area contributed by atoms with Crippen LogP contribution in [0.4, 0.5) is 5.69 Å². The van der Waals surface area contributed by atoms with Crippen LogP contribution in [0.3, 0.4) is 0 Å². The van der Waals surface area contributed by atoms with Crippen molar-refractivity contribution in [1.29, 1.82) is 0 Å². The number of aliphatic carboxylic acids is 1. The predicted octanol–water partition coefficient (Wildman–Crippen LogP) is 0.0516. The van der Waals surface area contributed by atoms with E-state index in [1.54, 1.807) is 0 Å². The van der Waals surface area contributed by atoms with Crippen molar-refractivity contribution in [2.24, 2.45) is 5.73 Å². The second kappa shape index (κ2) is 6.60. The molecule has 2 amide bonds. The molecule has 0 aliphatic carbocycles. The summed E-state index contributed by atoms with van der Waals surface area (Å²) in [6, 6.07) is 4.38. The number of amides is 2. The number of carbonyl (C=O) groups excluding carboxylic acids is 2. The number of carboxylic acid groups (broad SMARTS) is 1. The van der Waals surface area contributed by atoms with Crippen LogP contribution in [0.5, 0.6) is 0 Å². The molecule has 8 heteroatoms. The third kappa shape index (κ3) is 4.84. The van der Waals surface area contributed by atoms with Crippen molar-refractivity contribution in [3.05, 3.63) is 28.8 Å². The average Bonchev–Trinajstić information content (AvgIpc) is 2.33. The number of carboxylic acids is 1. The van der Waals surface area contributed by atoms with E-state index in [1.807, 2.05) is 0 Å². The summed E-state index contributed by atoms with van der Waals surface area (Å²) in [4.78, 5) is 32.7. The van der Waals surface area contributed by atoms with E-state index in [4.69, 9.17) is 22.4 Å². The van der Waals surface area contributed by atoms with Crippen molar-refractivity contribution >= 4 is 35.1 Å². The molecule has 0 aliphatic rings.